The number of rotatable bonds is 4. The third-order valence-electron chi connectivity index (χ3n) is 3.50. The first-order chi connectivity index (χ1) is 11.8. The van der Waals surface area contributed by atoms with Crippen LogP contribution >= 0.6 is 0 Å². The highest BCUT2D eigenvalue weighted by molar-refractivity contribution is 7.92. The summed E-state index contributed by atoms with van der Waals surface area (Å²) >= 11 is 0. The van der Waals surface area contributed by atoms with E-state index in [1.54, 1.807) is 6.92 Å². The number of anilines is 1. The highest BCUT2D eigenvalue weighted by Crippen LogP contribution is 2.23. The van der Waals surface area contributed by atoms with E-state index in [4.69, 9.17) is 0 Å². The van der Waals surface area contributed by atoms with Crippen molar-refractivity contribution in [2.45, 2.75) is 11.8 Å². The summed E-state index contributed by atoms with van der Waals surface area (Å²) in [6, 6.07) is 10.7. The maximum atomic E-state index is 13.8. The van der Waals surface area contributed by atoms with E-state index in [1.165, 1.54) is 42.5 Å². The van der Waals surface area contributed by atoms with Crippen molar-refractivity contribution in [3.05, 3.63) is 70.0 Å². The second kappa shape index (κ2) is 6.10. The molecule has 1 aromatic heterocycles. The Morgan fingerprint density at radius 3 is 2.60 bits per heavy atom. The zero-order valence-electron chi connectivity index (χ0n) is 12.9. The molecule has 0 aliphatic heterocycles. The number of nitro benzene ring substituents is 1. The first-order valence-electron chi connectivity index (χ1n) is 7.10. The van der Waals surface area contributed by atoms with Gasteiger partial charge in [0.1, 0.15) is 16.5 Å². The second-order valence-electron chi connectivity index (χ2n) is 5.37. The monoisotopic (exact) mass is 361 g/mol. The predicted molar refractivity (Wildman–Crippen MR) is 90.3 cm³/mol. The third kappa shape index (κ3) is 3.41. The van der Waals surface area contributed by atoms with E-state index in [1.807, 2.05) is 0 Å². The van der Waals surface area contributed by atoms with Gasteiger partial charge in [-0.2, -0.15) is 0 Å². The number of nitrogens with zero attached hydrogens (tertiary/aromatic N) is 2. The van der Waals surface area contributed by atoms with E-state index < -0.39 is 25.7 Å². The molecule has 0 unspecified atom stereocenters. The largest absolute Gasteiger partial charge is 0.270 e. The molecule has 0 atom stereocenters. The van der Waals surface area contributed by atoms with E-state index in [0.29, 0.717) is 16.5 Å². The summed E-state index contributed by atoms with van der Waals surface area (Å²) in [6.45, 7) is 1.65. The van der Waals surface area contributed by atoms with Crippen molar-refractivity contribution >= 4 is 32.4 Å². The summed E-state index contributed by atoms with van der Waals surface area (Å²) in [5, 5.41) is 11.3. The number of non-ortho nitro benzene ring substituents is 1. The Morgan fingerprint density at radius 2 is 1.88 bits per heavy atom. The minimum absolute atomic E-state index is 0.0118. The molecule has 0 aliphatic carbocycles. The van der Waals surface area contributed by atoms with Crippen molar-refractivity contribution < 1.29 is 17.7 Å². The molecular formula is C16H12FN3O4S. The Hall–Kier alpha value is -3.07. The number of hydrogen-bond acceptors (Lipinski definition) is 5. The summed E-state index contributed by atoms with van der Waals surface area (Å²) in [6.07, 6.45) is 0. The van der Waals surface area contributed by atoms with Crippen LogP contribution in [0.1, 0.15) is 5.56 Å². The van der Waals surface area contributed by atoms with Crippen molar-refractivity contribution in [1.29, 1.82) is 0 Å². The second-order valence-corrected chi connectivity index (χ2v) is 7.02. The fraction of sp³-hybridized carbons (Fsp3) is 0.0625. The average molecular weight is 361 g/mol. The number of benzene rings is 2. The number of aromatic nitrogens is 1. The Labute approximate surface area is 142 Å². The number of aryl methyl sites for hydroxylation is 1. The Kier molecular flexibility index (Phi) is 4.09. The lowest BCUT2D eigenvalue weighted by Crippen LogP contribution is -2.15. The maximum Gasteiger partial charge on any atom is 0.270 e. The smallest absolute Gasteiger partial charge is 0.263 e. The quantitative estimate of drug-likeness (QED) is 0.567. The first-order valence-corrected chi connectivity index (χ1v) is 8.59. The normalized spacial score (nSPS) is 11.4. The topological polar surface area (TPSA) is 102 Å². The molecule has 0 saturated heterocycles. The SMILES string of the molecule is Cc1ccc(F)c(S(=O)(=O)Nc2ccc3cc([N+](=O)[O-])ccc3n2)c1. The van der Waals surface area contributed by atoms with Crippen molar-refractivity contribution in [1.82, 2.24) is 4.98 Å². The molecule has 0 radical (unpaired) electrons. The summed E-state index contributed by atoms with van der Waals surface area (Å²) < 4.78 is 40.8. The minimum atomic E-state index is -4.15. The molecule has 7 nitrogen and oxygen atoms in total. The molecule has 0 aliphatic rings. The minimum Gasteiger partial charge on any atom is -0.263 e. The van der Waals surface area contributed by atoms with Gasteiger partial charge in [-0.1, -0.05) is 6.07 Å². The summed E-state index contributed by atoms with van der Waals surface area (Å²) in [5.41, 5.74) is 0.875. The van der Waals surface area contributed by atoms with Crippen LogP contribution in [0.25, 0.3) is 10.9 Å². The van der Waals surface area contributed by atoms with Crippen molar-refractivity contribution in [3.8, 4) is 0 Å². The Morgan fingerprint density at radius 1 is 1.12 bits per heavy atom. The Balaban J connectivity index is 1.98. The van der Waals surface area contributed by atoms with Crippen molar-refractivity contribution in [2.75, 3.05) is 4.72 Å². The van der Waals surface area contributed by atoms with Crippen LogP contribution in [0.5, 0.6) is 0 Å². The number of fused-ring (bicyclic) bond motifs is 1. The van der Waals surface area contributed by atoms with Crippen LogP contribution < -0.4 is 4.72 Å². The maximum absolute atomic E-state index is 13.8. The van der Waals surface area contributed by atoms with Crippen LogP contribution in [-0.2, 0) is 10.0 Å². The van der Waals surface area contributed by atoms with Crippen LogP contribution in [0.3, 0.4) is 0 Å². The fourth-order valence-electron chi connectivity index (χ4n) is 2.29. The summed E-state index contributed by atoms with van der Waals surface area (Å²) in [5.74, 6) is -0.878. The number of nitrogens with one attached hydrogen (secondary N) is 1. The zero-order chi connectivity index (χ0) is 18.2. The predicted octanol–water partition coefficient (Wildman–Crippen LogP) is 3.39. The average Bonchev–Trinajstić information content (AvgIpc) is 2.56. The number of halogens is 1. The molecule has 1 heterocycles. The van der Waals surface area contributed by atoms with Gasteiger partial charge in [0, 0.05) is 17.5 Å². The number of nitro groups is 1. The van der Waals surface area contributed by atoms with Gasteiger partial charge in [-0.05, 0) is 42.8 Å². The van der Waals surface area contributed by atoms with Crippen LogP contribution in [0.4, 0.5) is 15.9 Å². The number of hydrogen-bond donors (Lipinski definition) is 1. The zero-order valence-corrected chi connectivity index (χ0v) is 13.7. The van der Waals surface area contributed by atoms with E-state index in [-0.39, 0.29) is 11.5 Å². The lowest BCUT2D eigenvalue weighted by Gasteiger charge is -2.09. The first kappa shape index (κ1) is 16.8. The Bertz CT molecular complexity index is 1100. The molecule has 2 aromatic carbocycles. The van der Waals surface area contributed by atoms with Gasteiger partial charge in [0.15, 0.2) is 0 Å². The molecule has 0 amide bonds. The molecule has 0 fully saturated rings. The standard InChI is InChI=1S/C16H12FN3O4S/c1-10-2-5-13(17)15(8-10)25(23,24)19-16-7-3-11-9-12(20(21)22)4-6-14(11)18-16/h2-9H,1H3,(H,18,19). The van der Waals surface area contributed by atoms with Gasteiger partial charge < -0.3 is 0 Å². The molecule has 1 N–H and O–H groups in total. The molecule has 25 heavy (non-hydrogen) atoms. The van der Waals surface area contributed by atoms with Gasteiger partial charge >= 0.3 is 0 Å². The fourth-order valence-corrected chi connectivity index (χ4v) is 3.46. The molecule has 0 bridgehead atoms. The third-order valence-corrected chi connectivity index (χ3v) is 4.87. The molecule has 3 aromatic rings. The number of sulfonamides is 1. The van der Waals surface area contributed by atoms with Gasteiger partial charge in [0.05, 0.1) is 10.4 Å². The van der Waals surface area contributed by atoms with E-state index in [2.05, 4.69) is 9.71 Å². The lowest BCUT2D eigenvalue weighted by molar-refractivity contribution is -0.384. The highest BCUT2D eigenvalue weighted by Gasteiger charge is 2.20. The molecule has 0 spiro atoms. The van der Waals surface area contributed by atoms with Crippen molar-refractivity contribution in [3.63, 3.8) is 0 Å². The van der Waals surface area contributed by atoms with Gasteiger partial charge in [-0.3, -0.25) is 14.8 Å². The van der Waals surface area contributed by atoms with Gasteiger partial charge in [-0.25, -0.2) is 17.8 Å². The van der Waals surface area contributed by atoms with Crippen molar-refractivity contribution in [2.24, 2.45) is 0 Å². The summed E-state index contributed by atoms with van der Waals surface area (Å²) in [7, 11) is -4.15. The molecule has 0 saturated carbocycles. The van der Waals surface area contributed by atoms with Crippen LogP contribution in [-0.4, -0.2) is 18.3 Å². The van der Waals surface area contributed by atoms with E-state index in [9.17, 15) is 22.9 Å². The molecule has 128 valence electrons. The van der Waals surface area contributed by atoms with Gasteiger partial charge in [0.2, 0.25) is 0 Å². The number of pyridine rings is 1. The summed E-state index contributed by atoms with van der Waals surface area (Å²) in [4.78, 5) is 13.9. The van der Waals surface area contributed by atoms with Crippen LogP contribution in [0.2, 0.25) is 0 Å². The molecule has 3 rings (SSSR count). The van der Waals surface area contributed by atoms with Crippen LogP contribution in [0.15, 0.2) is 53.4 Å². The van der Waals surface area contributed by atoms with E-state index >= 15 is 0 Å². The van der Waals surface area contributed by atoms with E-state index in [0.717, 1.165) is 6.07 Å². The lowest BCUT2D eigenvalue weighted by atomic mass is 10.2. The highest BCUT2D eigenvalue weighted by atomic mass is 32.2. The molecular weight excluding hydrogens is 349 g/mol. The van der Waals surface area contributed by atoms with Crippen LogP contribution in [0, 0.1) is 22.9 Å². The van der Waals surface area contributed by atoms with Gasteiger partial charge in [0.25, 0.3) is 15.7 Å². The molecule has 9 heteroatoms. The van der Waals surface area contributed by atoms with Gasteiger partial charge in [-0.15, -0.1) is 0 Å².